The number of hydrogen-bond acceptors (Lipinski definition) is 9. The van der Waals surface area contributed by atoms with Gasteiger partial charge in [-0.1, -0.05) is 0 Å². The van der Waals surface area contributed by atoms with Gasteiger partial charge in [-0.15, -0.1) is 11.3 Å². The number of thiazole rings is 1. The molecular weight excluding hydrogens is 388 g/mol. The van der Waals surface area contributed by atoms with E-state index in [2.05, 4.69) is 10.3 Å². The monoisotopic (exact) mass is 406 g/mol. The number of benzene rings is 1. The number of aromatic nitrogens is 1. The Kier molecular flexibility index (Phi) is 6.33. The van der Waals surface area contributed by atoms with Crippen molar-refractivity contribution in [3.8, 4) is 22.8 Å². The smallest absolute Gasteiger partial charge is 0.377 e. The van der Waals surface area contributed by atoms with Gasteiger partial charge in [0.05, 0.1) is 19.9 Å². The molecule has 1 aliphatic heterocycles. The van der Waals surface area contributed by atoms with Gasteiger partial charge in [-0.2, -0.15) is 0 Å². The van der Waals surface area contributed by atoms with Crippen molar-refractivity contribution in [3.05, 3.63) is 35.6 Å². The average molecular weight is 406 g/mol. The number of carbonyl (C=O) groups excluding carboxylic acids is 2. The summed E-state index contributed by atoms with van der Waals surface area (Å²) in [6.07, 6.45) is 1.17. The minimum atomic E-state index is -0.766. The van der Waals surface area contributed by atoms with Crippen molar-refractivity contribution in [3.63, 3.8) is 0 Å². The van der Waals surface area contributed by atoms with Gasteiger partial charge in [0.1, 0.15) is 31.0 Å². The predicted octanol–water partition coefficient (Wildman–Crippen LogP) is 2.20. The van der Waals surface area contributed by atoms with Gasteiger partial charge in [-0.05, 0) is 12.1 Å². The molecule has 0 unspecified atom stereocenters. The molecule has 148 valence electrons. The Bertz CT molecular complexity index is 894. The molecule has 0 saturated heterocycles. The zero-order valence-corrected chi connectivity index (χ0v) is 16.0. The summed E-state index contributed by atoms with van der Waals surface area (Å²) in [4.78, 5) is 28.1. The van der Waals surface area contributed by atoms with Crippen LogP contribution in [-0.4, -0.2) is 50.9 Å². The van der Waals surface area contributed by atoms with Gasteiger partial charge in [-0.25, -0.2) is 9.78 Å². The highest BCUT2D eigenvalue weighted by Crippen LogP contribution is 2.34. The standard InChI is InChI=1S/C18H18N2O7S/c1-23-11-3-4-12(14(7-11)24-2)13-10-28-18(19-13)20-16(21)9-27-17(22)15-8-25-5-6-26-15/h3-4,7-8,10H,5-6,9H2,1-2H3,(H,19,20,21). The Morgan fingerprint density at radius 3 is 2.82 bits per heavy atom. The van der Waals surface area contributed by atoms with E-state index >= 15 is 0 Å². The first-order valence-electron chi connectivity index (χ1n) is 8.20. The van der Waals surface area contributed by atoms with Crippen LogP contribution in [0.4, 0.5) is 5.13 Å². The number of nitrogens with one attached hydrogen (secondary N) is 1. The molecule has 0 spiro atoms. The van der Waals surface area contributed by atoms with Crippen LogP contribution in [0.2, 0.25) is 0 Å². The Morgan fingerprint density at radius 1 is 1.25 bits per heavy atom. The molecule has 1 N–H and O–H groups in total. The van der Waals surface area contributed by atoms with Gasteiger partial charge in [-0.3, -0.25) is 10.1 Å². The van der Waals surface area contributed by atoms with E-state index in [0.717, 1.165) is 5.56 Å². The van der Waals surface area contributed by atoms with Crippen LogP contribution < -0.4 is 14.8 Å². The van der Waals surface area contributed by atoms with Crippen LogP contribution in [0.5, 0.6) is 11.5 Å². The molecule has 0 radical (unpaired) electrons. The molecule has 28 heavy (non-hydrogen) atoms. The van der Waals surface area contributed by atoms with E-state index < -0.39 is 18.5 Å². The van der Waals surface area contributed by atoms with E-state index in [4.69, 9.17) is 23.7 Å². The summed E-state index contributed by atoms with van der Waals surface area (Å²) in [6.45, 7) is 0.146. The first-order chi connectivity index (χ1) is 13.6. The molecule has 0 atom stereocenters. The number of esters is 1. The van der Waals surface area contributed by atoms with E-state index in [0.29, 0.717) is 28.9 Å². The second-order valence-corrected chi connectivity index (χ2v) is 6.29. The molecule has 1 aromatic carbocycles. The van der Waals surface area contributed by atoms with E-state index in [1.54, 1.807) is 31.7 Å². The maximum atomic E-state index is 12.0. The normalized spacial score (nSPS) is 12.9. The zero-order chi connectivity index (χ0) is 19.9. The largest absolute Gasteiger partial charge is 0.497 e. The maximum Gasteiger partial charge on any atom is 0.377 e. The van der Waals surface area contributed by atoms with Crippen LogP contribution in [0.3, 0.4) is 0 Å². The van der Waals surface area contributed by atoms with Gasteiger partial charge in [0.2, 0.25) is 5.76 Å². The number of amides is 1. The number of anilines is 1. The third-order valence-electron chi connectivity index (χ3n) is 3.62. The minimum absolute atomic E-state index is 0.0674. The fourth-order valence-corrected chi connectivity index (χ4v) is 3.02. The predicted molar refractivity (Wildman–Crippen MR) is 100 cm³/mol. The molecule has 3 rings (SSSR count). The molecular formula is C18H18N2O7S. The lowest BCUT2D eigenvalue weighted by molar-refractivity contribution is -0.148. The van der Waals surface area contributed by atoms with Gasteiger partial charge in [0.15, 0.2) is 11.7 Å². The maximum absolute atomic E-state index is 12.0. The van der Waals surface area contributed by atoms with E-state index in [9.17, 15) is 9.59 Å². The van der Waals surface area contributed by atoms with Crippen LogP contribution in [0.1, 0.15) is 0 Å². The number of methoxy groups -OCH3 is 2. The van der Waals surface area contributed by atoms with Crippen molar-refractivity contribution in [1.29, 1.82) is 0 Å². The second-order valence-electron chi connectivity index (χ2n) is 5.43. The van der Waals surface area contributed by atoms with Crippen LogP contribution >= 0.6 is 11.3 Å². The van der Waals surface area contributed by atoms with Crippen molar-refractivity contribution in [2.75, 3.05) is 39.4 Å². The lowest BCUT2D eigenvalue weighted by Crippen LogP contribution is -2.23. The topological polar surface area (TPSA) is 105 Å². The molecule has 10 heteroatoms. The Balaban J connectivity index is 1.59. The molecule has 0 saturated carbocycles. The summed E-state index contributed by atoms with van der Waals surface area (Å²) in [5.74, 6) is -0.0961. The van der Waals surface area contributed by atoms with Gasteiger partial charge >= 0.3 is 5.97 Å². The van der Waals surface area contributed by atoms with Crippen molar-refractivity contribution in [2.45, 2.75) is 0 Å². The molecule has 1 aliphatic rings. The number of hydrogen-bond donors (Lipinski definition) is 1. The third kappa shape index (κ3) is 4.71. The van der Waals surface area contributed by atoms with Crippen LogP contribution in [0, 0.1) is 0 Å². The summed E-state index contributed by atoms with van der Waals surface area (Å²) in [6, 6.07) is 5.36. The summed E-state index contributed by atoms with van der Waals surface area (Å²) in [5.41, 5.74) is 1.39. The summed E-state index contributed by atoms with van der Waals surface area (Å²) >= 11 is 1.24. The molecule has 2 heterocycles. The number of ether oxygens (including phenoxy) is 5. The molecule has 0 aliphatic carbocycles. The molecule has 1 aromatic heterocycles. The zero-order valence-electron chi connectivity index (χ0n) is 15.2. The van der Waals surface area contributed by atoms with Crippen molar-refractivity contribution in [2.24, 2.45) is 0 Å². The number of carbonyl (C=O) groups is 2. The van der Waals surface area contributed by atoms with Crippen molar-refractivity contribution >= 4 is 28.3 Å². The third-order valence-corrected chi connectivity index (χ3v) is 4.38. The molecule has 0 fully saturated rings. The molecule has 2 aromatic rings. The first kappa shape index (κ1) is 19.5. The van der Waals surface area contributed by atoms with Gasteiger partial charge in [0.25, 0.3) is 5.91 Å². The van der Waals surface area contributed by atoms with E-state index in [1.807, 2.05) is 6.07 Å². The summed E-state index contributed by atoms with van der Waals surface area (Å²) in [5, 5.41) is 4.73. The Hall–Kier alpha value is -3.27. The van der Waals surface area contributed by atoms with E-state index in [-0.39, 0.29) is 12.4 Å². The van der Waals surface area contributed by atoms with Gasteiger partial charge < -0.3 is 23.7 Å². The second kappa shape index (κ2) is 9.09. The Labute approximate surface area is 164 Å². The fraction of sp³-hybridized carbons (Fsp3) is 0.278. The van der Waals surface area contributed by atoms with Gasteiger partial charge in [0, 0.05) is 17.0 Å². The molecule has 9 nitrogen and oxygen atoms in total. The minimum Gasteiger partial charge on any atom is -0.497 e. The highest BCUT2D eigenvalue weighted by atomic mass is 32.1. The number of nitrogens with zero attached hydrogens (tertiary/aromatic N) is 1. The highest BCUT2D eigenvalue weighted by molar-refractivity contribution is 7.14. The molecule has 1 amide bonds. The van der Waals surface area contributed by atoms with E-state index in [1.165, 1.54) is 17.6 Å². The molecule has 0 bridgehead atoms. The summed E-state index contributed by atoms with van der Waals surface area (Å²) in [7, 11) is 3.12. The quantitative estimate of drug-likeness (QED) is 0.698. The first-order valence-corrected chi connectivity index (χ1v) is 9.08. The summed E-state index contributed by atoms with van der Waals surface area (Å²) < 4.78 is 25.5. The number of rotatable bonds is 7. The average Bonchev–Trinajstić information content (AvgIpc) is 3.20. The Morgan fingerprint density at radius 2 is 2.11 bits per heavy atom. The van der Waals surface area contributed by atoms with Crippen LogP contribution in [0.25, 0.3) is 11.3 Å². The lowest BCUT2D eigenvalue weighted by Gasteiger charge is -2.14. The van der Waals surface area contributed by atoms with Crippen molar-refractivity contribution < 1.29 is 33.3 Å². The van der Waals surface area contributed by atoms with Crippen molar-refractivity contribution in [1.82, 2.24) is 4.98 Å². The van der Waals surface area contributed by atoms with Crippen LogP contribution in [0.15, 0.2) is 35.6 Å². The van der Waals surface area contributed by atoms with Crippen LogP contribution in [-0.2, 0) is 23.8 Å². The highest BCUT2D eigenvalue weighted by Gasteiger charge is 2.18. The SMILES string of the molecule is COc1ccc(-c2csc(NC(=O)COC(=O)C3=COCCO3)n2)c(OC)c1. The lowest BCUT2D eigenvalue weighted by atomic mass is 10.1. The fourth-order valence-electron chi connectivity index (χ4n) is 2.30.